The zero-order chi connectivity index (χ0) is 5.91. The van der Waals surface area contributed by atoms with Gasteiger partial charge in [0.1, 0.15) is 0 Å². The summed E-state index contributed by atoms with van der Waals surface area (Å²) in [5.41, 5.74) is 0. The minimum Gasteiger partial charge on any atom is -0.188 e. The molecular weight excluding hydrogens is 145 g/mol. The van der Waals surface area contributed by atoms with E-state index in [0.717, 1.165) is 5.88 Å². The summed E-state index contributed by atoms with van der Waals surface area (Å²) >= 11 is 9.18. The molecule has 0 fully saturated rings. The van der Waals surface area contributed by atoms with Crippen molar-refractivity contribution < 1.29 is 8.78 Å². The molecular formula is C3H3Cl2F2. The third-order valence-corrected chi connectivity index (χ3v) is 0.617. The molecule has 0 atom stereocenters. The van der Waals surface area contributed by atoms with E-state index < -0.39 is 11.8 Å². The second kappa shape index (κ2) is 2.68. The van der Waals surface area contributed by atoms with E-state index in [0.29, 0.717) is 0 Å². The van der Waals surface area contributed by atoms with Crippen LogP contribution in [-0.4, -0.2) is 5.38 Å². The standard InChI is InChI=1S/C3H3Cl2F2/c4-2-1-3(5,6)7/h2H,1H2. The highest BCUT2D eigenvalue weighted by Gasteiger charge is 2.22. The van der Waals surface area contributed by atoms with E-state index in [9.17, 15) is 8.78 Å². The molecule has 0 saturated carbocycles. The minimum absolute atomic E-state index is 0.587. The highest BCUT2D eigenvalue weighted by molar-refractivity contribution is 6.25. The normalized spacial score (nSPS) is 12.0. The first kappa shape index (κ1) is 7.44. The highest BCUT2D eigenvalue weighted by atomic mass is 35.5. The fraction of sp³-hybridized carbons (Fsp3) is 0.667. The van der Waals surface area contributed by atoms with Gasteiger partial charge >= 0.3 is 5.38 Å². The van der Waals surface area contributed by atoms with Crippen LogP contribution in [0.3, 0.4) is 0 Å². The fourth-order valence-electron chi connectivity index (χ4n) is 0.0875. The summed E-state index contributed by atoms with van der Waals surface area (Å²) in [5.74, 6) is 0.799. The third kappa shape index (κ3) is 6.44. The molecule has 0 heterocycles. The minimum atomic E-state index is -3.16. The van der Waals surface area contributed by atoms with E-state index in [1.165, 1.54) is 0 Å². The molecule has 0 rings (SSSR count). The Labute approximate surface area is 50.4 Å². The lowest BCUT2D eigenvalue weighted by Gasteiger charge is -2.00. The SMILES string of the molecule is FC(F)(Cl)C[CH]Cl. The molecule has 0 amide bonds. The summed E-state index contributed by atoms with van der Waals surface area (Å²) in [6.07, 6.45) is -0.587. The van der Waals surface area contributed by atoms with Gasteiger partial charge in [0, 0.05) is 6.42 Å². The molecule has 0 aromatic rings. The van der Waals surface area contributed by atoms with Crippen molar-refractivity contribution in [2.24, 2.45) is 0 Å². The van der Waals surface area contributed by atoms with Crippen LogP contribution in [0.4, 0.5) is 8.78 Å². The van der Waals surface area contributed by atoms with Crippen molar-refractivity contribution in [3.05, 3.63) is 5.88 Å². The van der Waals surface area contributed by atoms with Crippen LogP contribution in [0.15, 0.2) is 0 Å². The molecule has 0 nitrogen and oxygen atoms in total. The average molecular weight is 148 g/mol. The molecule has 4 heteroatoms. The van der Waals surface area contributed by atoms with Gasteiger partial charge in [0.05, 0.1) is 5.88 Å². The van der Waals surface area contributed by atoms with Crippen LogP contribution in [0.1, 0.15) is 6.42 Å². The maximum absolute atomic E-state index is 11.4. The first-order valence-corrected chi connectivity index (χ1v) is 2.36. The number of halogens is 4. The van der Waals surface area contributed by atoms with Crippen molar-refractivity contribution in [2.75, 3.05) is 0 Å². The predicted octanol–water partition coefficient (Wildman–Crippen LogP) is 2.61. The van der Waals surface area contributed by atoms with Crippen molar-refractivity contribution in [1.82, 2.24) is 0 Å². The molecule has 7 heavy (non-hydrogen) atoms. The van der Waals surface area contributed by atoms with Crippen molar-refractivity contribution >= 4 is 23.2 Å². The van der Waals surface area contributed by atoms with Gasteiger partial charge in [-0.1, -0.05) is 0 Å². The van der Waals surface area contributed by atoms with Gasteiger partial charge in [0.15, 0.2) is 0 Å². The largest absolute Gasteiger partial charge is 0.323 e. The fourth-order valence-corrected chi connectivity index (χ4v) is 0.437. The molecule has 0 unspecified atom stereocenters. The predicted molar refractivity (Wildman–Crippen MR) is 25.6 cm³/mol. The van der Waals surface area contributed by atoms with Crippen LogP contribution in [0, 0.1) is 5.88 Å². The second-order valence-corrected chi connectivity index (χ2v) is 1.84. The molecule has 0 aromatic heterocycles. The van der Waals surface area contributed by atoms with Crippen LogP contribution in [0.2, 0.25) is 0 Å². The highest BCUT2D eigenvalue weighted by Crippen LogP contribution is 2.24. The third-order valence-electron chi connectivity index (χ3n) is 0.309. The quantitative estimate of drug-likeness (QED) is 0.528. The topological polar surface area (TPSA) is 0 Å². The monoisotopic (exact) mass is 147 g/mol. The molecule has 0 aliphatic rings. The van der Waals surface area contributed by atoms with Crippen LogP contribution in [0.25, 0.3) is 0 Å². The van der Waals surface area contributed by atoms with Gasteiger partial charge in [0.2, 0.25) is 0 Å². The maximum Gasteiger partial charge on any atom is 0.323 e. The van der Waals surface area contributed by atoms with E-state index in [2.05, 4.69) is 11.6 Å². The molecule has 0 spiro atoms. The number of alkyl halides is 3. The number of rotatable bonds is 2. The second-order valence-electron chi connectivity index (χ2n) is 0.974. The van der Waals surface area contributed by atoms with E-state index in [1.807, 2.05) is 0 Å². The molecule has 0 aromatic carbocycles. The Bertz CT molecular complexity index is 49.4. The molecule has 0 aliphatic heterocycles. The van der Waals surface area contributed by atoms with Crippen molar-refractivity contribution in [3.8, 4) is 0 Å². The molecule has 0 N–H and O–H groups in total. The van der Waals surface area contributed by atoms with E-state index in [1.54, 1.807) is 0 Å². The Morgan fingerprint density at radius 1 is 1.57 bits per heavy atom. The Kier molecular flexibility index (Phi) is 2.84. The Hall–Kier alpha value is 0.440. The van der Waals surface area contributed by atoms with E-state index >= 15 is 0 Å². The average Bonchev–Trinajstić information content (AvgIpc) is 1.30. The summed E-state index contributed by atoms with van der Waals surface area (Å²) in [7, 11) is 0. The lowest BCUT2D eigenvalue weighted by Crippen LogP contribution is -2.02. The first-order valence-electron chi connectivity index (χ1n) is 1.55. The number of hydrogen-bond donors (Lipinski definition) is 0. The van der Waals surface area contributed by atoms with Crippen molar-refractivity contribution in [2.45, 2.75) is 11.8 Å². The van der Waals surface area contributed by atoms with Crippen LogP contribution >= 0.6 is 23.2 Å². The smallest absolute Gasteiger partial charge is 0.188 e. The van der Waals surface area contributed by atoms with Gasteiger partial charge in [0.25, 0.3) is 0 Å². The van der Waals surface area contributed by atoms with E-state index in [-0.39, 0.29) is 0 Å². The van der Waals surface area contributed by atoms with Gasteiger partial charge in [-0.15, -0.1) is 11.6 Å². The molecule has 0 aliphatic carbocycles. The summed E-state index contributed by atoms with van der Waals surface area (Å²) in [6.45, 7) is 0. The van der Waals surface area contributed by atoms with Crippen molar-refractivity contribution in [3.63, 3.8) is 0 Å². The van der Waals surface area contributed by atoms with Crippen LogP contribution < -0.4 is 0 Å². The summed E-state index contributed by atoms with van der Waals surface area (Å²) in [6, 6.07) is 0. The Balaban J connectivity index is 3.15. The lowest BCUT2D eigenvalue weighted by atomic mass is 10.5. The zero-order valence-electron chi connectivity index (χ0n) is 3.30. The van der Waals surface area contributed by atoms with E-state index in [4.69, 9.17) is 11.6 Å². The molecule has 0 saturated heterocycles. The molecule has 0 bridgehead atoms. The van der Waals surface area contributed by atoms with Crippen LogP contribution in [0.5, 0.6) is 0 Å². The zero-order valence-corrected chi connectivity index (χ0v) is 4.81. The van der Waals surface area contributed by atoms with Gasteiger partial charge in [-0.3, -0.25) is 0 Å². The van der Waals surface area contributed by atoms with Gasteiger partial charge in [-0.25, -0.2) is 0 Å². The van der Waals surface area contributed by atoms with Crippen molar-refractivity contribution in [1.29, 1.82) is 0 Å². The maximum atomic E-state index is 11.4. The molecule has 1 radical (unpaired) electrons. The summed E-state index contributed by atoms with van der Waals surface area (Å²) in [4.78, 5) is 0. The van der Waals surface area contributed by atoms with Crippen LogP contribution in [-0.2, 0) is 0 Å². The first-order chi connectivity index (χ1) is 3.06. The lowest BCUT2D eigenvalue weighted by molar-refractivity contribution is 0.0980. The molecule has 43 valence electrons. The Morgan fingerprint density at radius 3 is 2.00 bits per heavy atom. The summed E-state index contributed by atoms with van der Waals surface area (Å²) in [5, 5.41) is -3.16. The van der Waals surface area contributed by atoms with Gasteiger partial charge in [-0.05, 0) is 11.6 Å². The van der Waals surface area contributed by atoms with Gasteiger partial charge in [-0.2, -0.15) is 8.78 Å². The number of hydrogen-bond acceptors (Lipinski definition) is 0. The summed E-state index contributed by atoms with van der Waals surface area (Å²) < 4.78 is 22.7. The Morgan fingerprint density at radius 2 is 2.00 bits per heavy atom. The van der Waals surface area contributed by atoms with Gasteiger partial charge < -0.3 is 0 Å².